The van der Waals surface area contributed by atoms with Crippen molar-refractivity contribution in [3.05, 3.63) is 0 Å². The lowest BCUT2D eigenvalue weighted by molar-refractivity contribution is -0.144. The van der Waals surface area contributed by atoms with Gasteiger partial charge in [0.05, 0.1) is 18.6 Å². The van der Waals surface area contributed by atoms with Crippen molar-refractivity contribution in [2.75, 3.05) is 7.11 Å². The number of ether oxygens (including phenoxy) is 1. The van der Waals surface area contributed by atoms with Crippen LogP contribution >= 0.6 is 0 Å². The molecule has 0 unspecified atom stereocenters. The zero-order valence-electron chi connectivity index (χ0n) is 15.4. The SMILES string of the molecule is COC(=O)[C@H]1[C@H]2CCCC[C@]21O[Si](C(C)C)(C(C)C)C(C)C. The molecule has 2 fully saturated rings. The number of carbonyl (C=O) groups is 1. The topological polar surface area (TPSA) is 35.5 Å². The van der Waals surface area contributed by atoms with Gasteiger partial charge >= 0.3 is 5.97 Å². The minimum absolute atomic E-state index is 0.0110. The van der Waals surface area contributed by atoms with Gasteiger partial charge in [0.15, 0.2) is 0 Å². The fraction of sp³-hybridized carbons (Fsp3) is 0.944. The van der Waals surface area contributed by atoms with E-state index in [0.717, 1.165) is 12.8 Å². The predicted octanol–water partition coefficient (Wildman–Crippen LogP) is 4.91. The van der Waals surface area contributed by atoms with E-state index < -0.39 is 8.32 Å². The van der Waals surface area contributed by atoms with Crippen LogP contribution in [0.1, 0.15) is 67.2 Å². The van der Waals surface area contributed by atoms with Crippen LogP contribution in [0.15, 0.2) is 0 Å². The molecule has 3 nitrogen and oxygen atoms in total. The Morgan fingerprint density at radius 1 is 1.05 bits per heavy atom. The molecule has 0 aromatic carbocycles. The standard InChI is InChI=1S/C18H34O3Si/c1-12(2)22(13(3)4,14(5)6)21-18-11-9-8-10-15(18)16(18)17(19)20-7/h12-16H,8-11H2,1-7H3/t15-,16-,18+/m1/s1. The van der Waals surface area contributed by atoms with Gasteiger partial charge in [0.1, 0.15) is 0 Å². The summed E-state index contributed by atoms with van der Waals surface area (Å²) in [6, 6.07) is 0. The molecule has 0 spiro atoms. The first-order chi connectivity index (χ1) is 10.2. The number of hydrogen-bond donors (Lipinski definition) is 0. The maximum absolute atomic E-state index is 12.3. The lowest BCUT2D eigenvalue weighted by atomic mass is 9.98. The Morgan fingerprint density at radius 2 is 1.59 bits per heavy atom. The molecule has 2 aliphatic carbocycles. The molecule has 0 aromatic heterocycles. The molecule has 0 N–H and O–H groups in total. The summed E-state index contributed by atoms with van der Waals surface area (Å²) in [5.74, 6) is 0.339. The molecule has 2 rings (SSSR count). The number of carbonyl (C=O) groups excluding carboxylic acids is 1. The van der Waals surface area contributed by atoms with Crippen molar-refractivity contribution < 1.29 is 14.0 Å². The van der Waals surface area contributed by atoms with Crippen LogP contribution in [0.5, 0.6) is 0 Å². The third-order valence-electron chi connectivity index (χ3n) is 6.31. The van der Waals surface area contributed by atoms with Crippen LogP contribution in [0.25, 0.3) is 0 Å². The summed E-state index contributed by atoms with van der Waals surface area (Å²) >= 11 is 0. The van der Waals surface area contributed by atoms with Crippen LogP contribution < -0.4 is 0 Å². The Morgan fingerprint density at radius 3 is 2.05 bits per heavy atom. The second-order valence-electron chi connectivity index (χ2n) is 8.23. The highest BCUT2D eigenvalue weighted by Crippen LogP contribution is 2.65. The number of esters is 1. The Kier molecular flexibility index (Phi) is 5.13. The van der Waals surface area contributed by atoms with Crippen LogP contribution in [0.2, 0.25) is 16.6 Å². The molecule has 0 saturated heterocycles. The normalized spacial score (nSPS) is 31.5. The van der Waals surface area contributed by atoms with Gasteiger partial charge in [0.2, 0.25) is 8.32 Å². The fourth-order valence-electron chi connectivity index (χ4n) is 5.37. The van der Waals surface area contributed by atoms with E-state index >= 15 is 0 Å². The van der Waals surface area contributed by atoms with Crippen LogP contribution in [-0.4, -0.2) is 27.0 Å². The lowest BCUT2D eigenvalue weighted by Crippen LogP contribution is -2.52. The molecular weight excluding hydrogens is 292 g/mol. The Bertz CT molecular complexity index is 397. The average molecular weight is 327 g/mol. The number of rotatable bonds is 6. The van der Waals surface area contributed by atoms with Crippen molar-refractivity contribution in [3.8, 4) is 0 Å². The zero-order valence-corrected chi connectivity index (χ0v) is 16.4. The van der Waals surface area contributed by atoms with Crippen LogP contribution in [-0.2, 0) is 14.0 Å². The van der Waals surface area contributed by atoms with Crippen LogP contribution in [0.4, 0.5) is 0 Å². The molecule has 2 saturated carbocycles. The largest absolute Gasteiger partial charge is 0.469 e. The summed E-state index contributed by atoms with van der Waals surface area (Å²) in [4.78, 5) is 12.3. The first kappa shape index (κ1) is 18.0. The number of hydrogen-bond acceptors (Lipinski definition) is 3. The van der Waals surface area contributed by atoms with Crippen LogP contribution in [0, 0.1) is 11.8 Å². The van der Waals surface area contributed by atoms with Gasteiger partial charge in [-0.25, -0.2) is 0 Å². The van der Waals surface area contributed by atoms with Gasteiger partial charge in [-0.15, -0.1) is 0 Å². The first-order valence-electron chi connectivity index (χ1n) is 9.02. The van der Waals surface area contributed by atoms with Crippen molar-refractivity contribution in [1.29, 1.82) is 0 Å². The molecule has 4 heteroatoms. The second-order valence-corrected chi connectivity index (χ2v) is 13.6. The Balaban J connectivity index is 2.34. The molecule has 128 valence electrons. The molecule has 3 atom stereocenters. The summed E-state index contributed by atoms with van der Waals surface area (Å²) in [6.45, 7) is 13.9. The van der Waals surface area contributed by atoms with Gasteiger partial charge < -0.3 is 9.16 Å². The van der Waals surface area contributed by atoms with Crippen molar-refractivity contribution in [3.63, 3.8) is 0 Å². The minimum atomic E-state index is -1.95. The third kappa shape index (κ3) is 2.56. The monoisotopic (exact) mass is 326 g/mol. The summed E-state index contributed by atoms with van der Waals surface area (Å²) in [6.07, 6.45) is 4.57. The van der Waals surface area contributed by atoms with Gasteiger partial charge in [-0.1, -0.05) is 54.4 Å². The maximum atomic E-state index is 12.3. The van der Waals surface area contributed by atoms with E-state index in [4.69, 9.17) is 9.16 Å². The van der Waals surface area contributed by atoms with Gasteiger partial charge in [-0.3, -0.25) is 4.79 Å². The van der Waals surface area contributed by atoms with E-state index in [9.17, 15) is 4.79 Å². The Labute approximate surface area is 137 Å². The molecule has 0 bridgehead atoms. The molecular formula is C18H34O3Si. The zero-order chi connectivity index (χ0) is 16.7. The molecule has 22 heavy (non-hydrogen) atoms. The van der Waals surface area contributed by atoms with E-state index in [1.165, 1.54) is 20.0 Å². The van der Waals surface area contributed by atoms with E-state index in [0.29, 0.717) is 22.5 Å². The van der Waals surface area contributed by atoms with Crippen molar-refractivity contribution in [2.24, 2.45) is 11.8 Å². The van der Waals surface area contributed by atoms with Crippen LogP contribution in [0.3, 0.4) is 0 Å². The molecule has 0 aliphatic heterocycles. The summed E-state index contributed by atoms with van der Waals surface area (Å²) in [5.41, 5.74) is 1.48. The smallest absolute Gasteiger partial charge is 0.311 e. The predicted molar refractivity (Wildman–Crippen MR) is 92.3 cm³/mol. The highest BCUT2D eigenvalue weighted by atomic mass is 28.4. The first-order valence-corrected chi connectivity index (χ1v) is 11.2. The van der Waals surface area contributed by atoms with E-state index in [1.54, 1.807) is 0 Å². The fourth-order valence-corrected chi connectivity index (χ4v) is 11.1. The van der Waals surface area contributed by atoms with Gasteiger partial charge in [0, 0.05) is 5.92 Å². The summed E-state index contributed by atoms with van der Waals surface area (Å²) in [5, 5.41) is 0. The van der Waals surface area contributed by atoms with E-state index in [-0.39, 0.29) is 17.5 Å². The summed E-state index contributed by atoms with van der Waals surface area (Å²) in [7, 11) is -0.442. The molecule has 0 heterocycles. The maximum Gasteiger partial charge on any atom is 0.311 e. The quantitative estimate of drug-likeness (QED) is 0.514. The molecule has 0 radical (unpaired) electrons. The van der Waals surface area contributed by atoms with Gasteiger partial charge in [0.25, 0.3) is 0 Å². The average Bonchev–Trinajstić information content (AvgIpc) is 3.11. The van der Waals surface area contributed by atoms with E-state index in [2.05, 4.69) is 41.5 Å². The Hall–Kier alpha value is -0.353. The third-order valence-corrected chi connectivity index (χ3v) is 12.5. The van der Waals surface area contributed by atoms with E-state index in [1.807, 2.05) is 0 Å². The highest BCUT2D eigenvalue weighted by molar-refractivity contribution is 6.77. The minimum Gasteiger partial charge on any atom is -0.469 e. The van der Waals surface area contributed by atoms with Gasteiger partial charge in [-0.05, 0) is 29.5 Å². The summed E-state index contributed by atoms with van der Waals surface area (Å²) < 4.78 is 12.2. The molecule has 0 aromatic rings. The second kappa shape index (κ2) is 6.27. The highest BCUT2D eigenvalue weighted by Gasteiger charge is 2.72. The lowest BCUT2D eigenvalue weighted by Gasteiger charge is -2.46. The number of fused-ring (bicyclic) bond motifs is 1. The van der Waals surface area contributed by atoms with Crippen molar-refractivity contribution in [2.45, 2.75) is 89.5 Å². The van der Waals surface area contributed by atoms with Gasteiger partial charge in [-0.2, -0.15) is 0 Å². The van der Waals surface area contributed by atoms with Crippen molar-refractivity contribution >= 4 is 14.3 Å². The van der Waals surface area contributed by atoms with Crippen molar-refractivity contribution in [1.82, 2.24) is 0 Å². The molecule has 2 aliphatic rings. The number of methoxy groups -OCH3 is 1. The molecule has 0 amide bonds.